The lowest BCUT2D eigenvalue weighted by molar-refractivity contribution is 0.181. The molecule has 3 rings (SSSR count). The highest BCUT2D eigenvalue weighted by molar-refractivity contribution is 5.75. The number of piperidine rings is 1. The molecule has 1 aromatic carbocycles. The quantitative estimate of drug-likeness (QED) is 0.886. The molecule has 2 N–H and O–H groups in total. The molecule has 0 spiro atoms. The van der Waals surface area contributed by atoms with Crippen molar-refractivity contribution in [3.8, 4) is 0 Å². The molecular weight excluding hydrogens is 236 g/mol. The summed E-state index contributed by atoms with van der Waals surface area (Å²) in [5, 5.41) is 3.53. The molecule has 0 amide bonds. The van der Waals surface area contributed by atoms with Crippen molar-refractivity contribution in [2.45, 2.75) is 18.9 Å². The summed E-state index contributed by atoms with van der Waals surface area (Å²) in [4.78, 5) is 9.85. The van der Waals surface area contributed by atoms with Crippen LogP contribution in [-0.2, 0) is 0 Å². The molecule has 1 aromatic heterocycles. The Morgan fingerprint density at radius 3 is 3.00 bits per heavy atom. The third-order valence-corrected chi connectivity index (χ3v) is 4.12. The zero-order valence-electron chi connectivity index (χ0n) is 11.7. The highest BCUT2D eigenvalue weighted by Gasteiger charge is 2.26. The van der Waals surface area contributed by atoms with Gasteiger partial charge < -0.3 is 15.2 Å². The van der Waals surface area contributed by atoms with Crippen LogP contribution in [0.2, 0.25) is 0 Å². The molecule has 0 bridgehead atoms. The molecule has 2 aromatic rings. The Labute approximate surface area is 114 Å². The molecule has 4 nitrogen and oxygen atoms in total. The number of aromatic amines is 1. The van der Waals surface area contributed by atoms with E-state index in [0.29, 0.717) is 12.0 Å². The zero-order valence-corrected chi connectivity index (χ0v) is 11.7. The lowest BCUT2D eigenvalue weighted by Crippen LogP contribution is -2.38. The van der Waals surface area contributed by atoms with Crippen LogP contribution in [0.3, 0.4) is 0 Å². The number of aromatic nitrogens is 2. The van der Waals surface area contributed by atoms with Crippen LogP contribution in [0, 0.1) is 5.92 Å². The fourth-order valence-electron chi connectivity index (χ4n) is 3.28. The summed E-state index contributed by atoms with van der Waals surface area (Å²) in [6.45, 7) is 2.28. The third kappa shape index (κ3) is 2.51. The Balaban J connectivity index is 1.93. The summed E-state index contributed by atoms with van der Waals surface area (Å²) < 4.78 is 0. The molecule has 4 heteroatoms. The van der Waals surface area contributed by atoms with Crippen LogP contribution in [0.5, 0.6) is 0 Å². The van der Waals surface area contributed by atoms with E-state index in [0.717, 1.165) is 24.1 Å². The van der Waals surface area contributed by atoms with Crippen molar-refractivity contribution in [2.75, 3.05) is 27.2 Å². The van der Waals surface area contributed by atoms with Gasteiger partial charge in [-0.1, -0.05) is 6.07 Å². The highest BCUT2D eigenvalue weighted by atomic mass is 15.1. The fraction of sp³-hybridized carbons (Fsp3) is 0.533. The Morgan fingerprint density at radius 1 is 1.37 bits per heavy atom. The minimum Gasteiger partial charge on any atom is -0.345 e. The Morgan fingerprint density at radius 2 is 2.26 bits per heavy atom. The Kier molecular flexibility index (Phi) is 3.53. The second kappa shape index (κ2) is 5.31. The van der Waals surface area contributed by atoms with Crippen molar-refractivity contribution in [1.82, 2.24) is 20.2 Å². The second-order valence-electron chi connectivity index (χ2n) is 5.69. The van der Waals surface area contributed by atoms with Gasteiger partial charge in [-0.2, -0.15) is 0 Å². The van der Waals surface area contributed by atoms with Gasteiger partial charge in [0.1, 0.15) is 0 Å². The maximum absolute atomic E-state index is 4.30. The predicted molar refractivity (Wildman–Crippen MR) is 78.1 cm³/mol. The van der Waals surface area contributed by atoms with Crippen molar-refractivity contribution < 1.29 is 0 Å². The molecule has 0 aliphatic carbocycles. The molecule has 0 saturated carbocycles. The number of fused-ring (bicyclic) bond motifs is 1. The minimum absolute atomic E-state index is 0.473. The normalized spacial score (nSPS) is 21.9. The van der Waals surface area contributed by atoms with Gasteiger partial charge in [0.2, 0.25) is 0 Å². The number of imidazole rings is 1. The monoisotopic (exact) mass is 258 g/mol. The van der Waals surface area contributed by atoms with Gasteiger partial charge in [-0.3, -0.25) is 0 Å². The van der Waals surface area contributed by atoms with E-state index in [1.54, 1.807) is 6.33 Å². The minimum atomic E-state index is 0.473. The van der Waals surface area contributed by atoms with Gasteiger partial charge in [0.15, 0.2) is 0 Å². The summed E-state index contributed by atoms with van der Waals surface area (Å²) in [7, 11) is 4.35. The molecule has 1 fully saturated rings. The molecule has 2 atom stereocenters. The van der Waals surface area contributed by atoms with Crippen molar-refractivity contribution in [2.24, 2.45) is 5.92 Å². The first-order chi connectivity index (χ1) is 9.25. The SMILES string of the molecule is CN(C)C(c1ccc2nc[nH]c2c1)C1CCCNC1. The maximum Gasteiger partial charge on any atom is 0.0931 e. The van der Waals surface area contributed by atoms with E-state index in [2.05, 4.69) is 52.5 Å². The number of hydrogen-bond acceptors (Lipinski definition) is 3. The van der Waals surface area contributed by atoms with Crippen LogP contribution in [0.1, 0.15) is 24.4 Å². The van der Waals surface area contributed by atoms with Crippen molar-refractivity contribution >= 4 is 11.0 Å². The highest BCUT2D eigenvalue weighted by Crippen LogP contribution is 2.32. The van der Waals surface area contributed by atoms with Gasteiger partial charge in [-0.15, -0.1) is 0 Å². The Hall–Kier alpha value is -1.39. The number of hydrogen-bond donors (Lipinski definition) is 2. The van der Waals surface area contributed by atoms with E-state index in [9.17, 15) is 0 Å². The third-order valence-electron chi connectivity index (χ3n) is 4.12. The average molecular weight is 258 g/mol. The fourth-order valence-corrected chi connectivity index (χ4v) is 3.28. The van der Waals surface area contributed by atoms with Crippen molar-refractivity contribution in [3.05, 3.63) is 30.1 Å². The van der Waals surface area contributed by atoms with Crippen LogP contribution < -0.4 is 5.32 Å². The average Bonchev–Trinajstić information content (AvgIpc) is 2.87. The van der Waals surface area contributed by atoms with Gasteiger partial charge in [0.05, 0.1) is 17.4 Å². The number of H-pyrrole nitrogens is 1. The molecular formula is C15H22N4. The number of nitrogens with zero attached hydrogens (tertiary/aromatic N) is 2. The summed E-state index contributed by atoms with van der Waals surface area (Å²) in [6, 6.07) is 7.07. The summed E-state index contributed by atoms with van der Waals surface area (Å²) in [5.74, 6) is 0.684. The van der Waals surface area contributed by atoms with Gasteiger partial charge >= 0.3 is 0 Å². The predicted octanol–water partition coefficient (Wildman–Crippen LogP) is 2.17. The van der Waals surface area contributed by atoms with Gasteiger partial charge in [0.25, 0.3) is 0 Å². The molecule has 0 radical (unpaired) electrons. The molecule has 1 saturated heterocycles. The summed E-state index contributed by atoms with van der Waals surface area (Å²) >= 11 is 0. The molecule has 1 aliphatic heterocycles. The van der Waals surface area contributed by atoms with E-state index in [1.807, 2.05) is 0 Å². The number of benzene rings is 1. The van der Waals surface area contributed by atoms with E-state index >= 15 is 0 Å². The van der Waals surface area contributed by atoms with E-state index in [1.165, 1.54) is 18.4 Å². The van der Waals surface area contributed by atoms with Crippen molar-refractivity contribution in [3.63, 3.8) is 0 Å². The van der Waals surface area contributed by atoms with E-state index in [4.69, 9.17) is 0 Å². The largest absolute Gasteiger partial charge is 0.345 e. The second-order valence-corrected chi connectivity index (χ2v) is 5.69. The Bertz CT molecular complexity index is 540. The molecule has 19 heavy (non-hydrogen) atoms. The van der Waals surface area contributed by atoms with E-state index < -0.39 is 0 Å². The lowest BCUT2D eigenvalue weighted by atomic mass is 9.86. The first kappa shape index (κ1) is 12.6. The van der Waals surface area contributed by atoms with Crippen LogP contribution in [0.4, 0.5) is 0 Å². The zero-order chi connectivity index (χ0) is 13.2. The van der Waals surface area contributed by atoms with Crippen LogP contribution in [0.25, 0.3) is 11.0 Å². The molecule has 102 valence electrons. The molecule has 1 aliphatic rings. The maximum atomic E-state index is 4.30. The van der Waals surface area contributed by atoms with Crippen LogP contribution >= 0.6 is 0 Å². The standard InChI is InChI=1S/C15H22N4/c1-19(2)15(12-4-3-7-16-9-12)11-5-6-13-14(8-11)18-10-17-13/h5-6,8,10,12,15-16H,3-4,7,9H2,1-2H3,(H,17,18). The number of nitrogens with one attached hydrogen (secondary N) is 2. The first-order valence-corrected chi connectivity index (χ1v) is 7.06. The lowest BCUT2D eigenvalue weighted by Gasteiger charge is -2.35. The smallest absolute Gasteiger partial charge is 0.0931 e. The van der Waals surface area contributed by atoms with Gasteiger partial charge in [0, 0.05) is 6.04 Å². The molecule has 2 unspecified atom stereocenters. The van der Waals surface area contributed by atoms with Gasteiger partial charge in [-0.25, -0.2) is 4.98 Å². The number of rotatable bonds is 3. The van der Waals surface area contributed by atoms with Crippen LogP contribution in [-0.4, -0.2) is 42.1 Å². The molecule has 2 heterocycles. The first-order valence-electron chi connectivity index (χ1n) is 7.06. The summed E-state index contributed by atoms with van der Waals surface area (Å²) in [5.41, 5.74) is 3.56. The van der Waals surface area contributed by atoms with Crippen LogP contribution in [0.15, 0.2) is 24.5 Å². The van der Waals surface area contributed by atoms with Crippen molar-refractivity contribution in [1.29, 1.82) is 0 Å². The summed E-state index contributed by atoms with van der Waals surface area (Å²) in [6.07, 6.45) is 4.35. The van der Waals surface area contributed by atoms with Gasteiger partial charge in [-0.05, 0) is 63.6 Å². The van der Waals surface area contributed by atoms with E-state index in [-0.39, 0.29) is 0 Å². The topological polar surface area (TPSA) is 44.0 Å².